The van der Waals surface area contributed by atoms with E-state index < -0.39 is 0 Å². The van der Waals surface area contributed by atoms with Gasteiger partial charge in [-0.15, -0.1) is 0 Å². The van der Waals surface area contributed by atoms with Gasteiger partial charge in [-0.05, 0) is 36.4 Å². The molecule has 3 amide bonds. The minimum atomic E-state index is -0.343. The maximum atomic E-state index is 13.0. The largest absolute Gasteiger partial charge is 0.353 e. The van der Waals surface area contributed by atoms with Gasteiger partial charge in [0.05, 0.1) is 0 Å². The maximum Gasteiger partial charge on any atom is 0.325 e. The van der Waals surface area contributed by atoms with Crippen LogP contribution in [0.15, 0.2) is 48.8 Å². The average molecular weight is 330 g/mol. The molecule has 2 heterocycles. The Labute approximate surface area is 139 Å². The summed E-state index contributed by atoms with van der Waals surface area (Å²) in [5, 5.41) is 2.81. The Hall–Kier alpha value is -2.83. The zero-order valence-electron chi connectivity index (χ0n) is 13.2. The summed E-state index contributed by atoms with van der Waals surface area (Å²) in [6.07, 6.45) is 3.85. The summed E-state index contributed by atoms with van der Waals surface area (Å²) in [7, 11) is 0. The van der Waals surface area contributed by atoms with Crippen LogP contribution < -0.4 is 10.2 Å². The first-order valence-corrected chi connectivity index (χ1v) is 7.83. The van der Waals surface area contributed by atoms with Crippen molar-refractivity contribution in [1.82, 2.24) is 14.8 Å². The number of urea groups is 1. The maximum absolute atomic E-state index is 13.0. The molecule has 1 aromatic heterocycles. The van der Waals surface area contributed by atoms with Crippen molar-refractivity contribution in [3.05, 3.63) is 54.6 Å². The molecule has 1 aliphatic heterocycles. The Bertz CT molecular complexity index is 700. The number of hydrogen-bond acceptors (Lipinski definition) is 2. The van der Waals surface area contributed by atoms with Crippen molar-refractivity contribution in [2.75, 3.05) is 31.1 Å². The standard InChI is InChI=1S/C17H19FN4O2/c18-14-3-5-15(6-4-14)22-12-11-21(17(22)24)13-16(23)19-7-10-20-8-1-2-9-20/h1-6,8-9H,7,10-13H2,(H,19,23). The van der Waals surface area contributed by atoms with E-state index >= 15 is 0 Å². The van der Waals surface area contributed by atoms with Crippen LogP contribution in [-0.2, 0) is 11.3 Å². The van der Waals surface area contributed by atoms with Crippen LogP contribution in [0.3, 0.4) is 0 Å². The monoisotopic (exact) mass is 330 g/mol. The summed E-state index contributed by atoms with van der Waals surface area (Å²) in [6.45, 7) is 2.19. The van der Waals surface area contributed by atoms with Crippen molar-refractivity contribution in [2.24, 2.45) is 0 Å². The van der Waals surface area contributed by atoms with Gasteiger partial charge in [-0.2, -0.15) is 0 Å². The molecule has 0 spiro atoms. The second-order valence-corrected chi connectivity index (χ2v) is 5.60. The van der Waals surface area contributed by atoms with Crippen LogP contribution in [0.5, 0.6) is 0 Å². The van der Waals surface area contributed by atoms with Crippen molar-refractivity contribution < 1.29 is 14.0 Å². The second kappa shape index (κ2) is 7.16. The van der Waals surface area contributed by atoms with Gasteiger partial charge in [0, 0.05) is 44.3 Å². The van der Waals surface area contributed by atoms with E-state index in [0.717, 1.165) is 0 Å². The molecule has 24 heavy (non-hydrogen) atoms. The predicted octanol–water partition coefficient (Wildman–Crippen LogP) is 1.69. The predicted molar refractivity (Wildman–Crippen MR) is 88.2 cm³/mol. The van der Waals surface area contributed by atoms with Crippen LogP contribution in [0.4, 0.5) is 14.9 Å². The van der Waals surface area contributed by atoms with Crippen molar-refractivity contribution in [3.63, 3.8) is 0 Å². The SMILES string of the molecule is O=C(CN1CCN(c2ccc(F)cc2)C1=O)NCCn1cccc1. The van der Waals surface area contributed by atoms with Crippen LogP contribution in [0, 0.1) is 5.82 Å². The van der Waals surface area contributed by atoms with Crippen LogP contribution in [0.25, 0.3) is 0 Å². The van der Waals surface area contributed by atoms with Gasteiger partial charge in [0.2, 0.25) is 5.91 Å². The van der Waals surface area contributed by atoms with Gasteiger partial charge in [0.1, 0.15) is 12.4 Å². The number of carbonyl (C=O) groups excluding carboxylic acids is 2. The lowest BCUT2D eigenvalue weighted by atomic mass is 10.3. The molecule has 0 saturated carbocycles. The molecule has 1 saturated heterocycles. The molecular formula is C17H19FN4O2. The summed E-state index contributed by atoms with van der Waals surface area (Å²) >= 11 is 0. The third-order valence-electron chi connectivity index (χ3n) is 3.93. The van der Waals surface area contributed by atoms with Crippen LogP contribution in [0.2, 0.25) is 0 Å². The lowest BCUT2D eigenvalue weighted by Crippen LogP contribution is -2.40. The molecule has 0 aliphatic carbocycles. The number of nitrogens with one attached hydrogen (secondary N) is 1. The van der Waals surface area contributed by atoms with E-state index in [4.69, 9.17) is 0 Å². The fraction of sp³-hybridized carbons (Fsp3) is 0.294. The molecule has 2 aromatic rings. The highest BCUT2D eigenvalue weighted by Crippen LogP contribution is 2.20. The highest BCUT2D eigenvalue weighted by molar-refractivity contribution is 5.96. The number of rotatable bonds is 6. The number of hydrogen-bond donors (Lipinski definition) is 1. The first-order valence-electron chi connectivity index (χ1n) is 7.83. The van der Waals surface area contributed by atoms with Crippen molar-refractivity contribution in [2.45, 2.75) is 6.54 Å². The fourth-order valence-corrected chi connectivity index (χ4v) is 2.66. The summed E-state index contributed by atoms with van der Waals surface area (Å²) in [6, 6.07) is 9.38. The van der Waals surface area contributed by atoms with Gasteiger partial charge in [-0.1, -0.05) is 0 Å². The van der Waals surface area contributed by atoms with E-state index in [0.29, 0.717) is 31.9 Å². The second-order valence-electron chi connectivity index (χ2n) is 5.60. The molecule has 0 radical (unpaired) electrons. The first kappa shape index (κ1) is 16.0. The lowest BCUT2D eigenvalue weighted by molar-refractivity contribution is -0.121. The molecule has 1 aromatic carbocycles. The molecule has 3 rings (SSSR count). The van der Waals surface area contributed by atoms with Gasteiger partial charge in [0.15, 0.2) is 0 Å². The molecule has 6 nitrogen and oxygen atoms in total. The zero-order valence-corrected chi connectivity index (χ0v) is 13.2. The van der Waals surface area contributed by atoms with Gasteiger partial charge >= 0.3 is 6.03 Å². The summed E-state index contributed by atoms with van der Waals surface area (Å²) in [5.74, 6) is -0.527. The van der Waals surface area contributed by atoms with Crippen LogP contribution in [-0.4, -0.2) is 47.6 Å². The summed E-state index contributed by atoms with van der Waals surface area (Å²) in [5.41, 5.74) is 0.636. The van der Waals surface area contributed by atoms with E-state index in [1.54, 1.807) is 17.0 Å². The van der Waals surface area contributed by atoms with Crippen molar-refractivity contribution in [1.29, 1.82) is 0 Å². The van der Waals surface area contributed by atoms with Gasteiger partial charge in [-0.25, -0.2) is 9.18 Å². The third-order valence-corrected chi connectivity index (χ3v) is 3.93. The summed E-state index contributed by atoms with van der Waals surface area (Å²) < 4.78 is 14.9. The van der Waals surface area contributed by atoms with Crippen LogP contribution >= 0.6 is 0 Å². The topological polar surface area (TPSA) is 57.6 Å². The zero-order chi connectivity index (χ0) is 16.9. The Kier molecular flexibility index (Phi) is 4.79. The van der Waals surface area contributed by atoms with Gasteiger partial charge < -0.3 is 14.8 Å². The van der Waals surface area contributed by atoms with E-state index in [1.807, 2.05) is 29.1 Å². The van der Waals surface area contributed by atoms with E-state index in [9.17, 15) is 14.0 Å². The quantitative estimate of drug-likeness (QED) is 0.876. The average Bonchev–Trinajstić information content (AvgIpc) is 3.20. The van der Waals surface area contributed by atoms with E-state index in [2.05, 4.69) is 5.32 Å². The highest BCUT2D eigenvalue weighted by Gasteiger charge is 2.30. The van der Waals surface area contributed by atoms with E-state index in [-0.39, 0.29) is 24.3 Å². The third kappa shape index (κ3) is 3.73. The van der Waals surface area contributed by atoms with Gasteiger partial charge in [0.25, 0.3) is 0 Å². The Morgan fingerprint density at radius 2 is 1.83 bits per heavy atom. The molecule has 0 unspecified atom stereocenters. The Morgan fingerprint density at radius 1 is 1.12 bits per heavy atom. The minimum Gasteiger partial charge on any atom is -0.353 e. The number of benzene rings is 1. The lowest BCUT2D eigenvalue weighted by Gasteiger charge is -2.18. The number of amides is 3. The highest BCUT2D eigenvalue weighted by atomic mass is 19.1. The first-order chi connectivity index (χ1) is 11.6. The molecule has 126 valence electrons. The molecule has 1 fully saturated rings. The number of nitrogens with zero attached hydrogens (tertiary/aromatic N) is 3. The Balaban J connectivity index is 1.48. The minimum absolute atomic E-state index is 0.0300. The number of aromatic nitrogens is 1. The molecule has 1 aliphatic rings. The number of anilines is 1. The molecule has 0 atom stereocenters. The van der Waals surface area contributed by atoms with Crippen LogP contribution in [0.1, 0.15) is 0 Å². The normalized spacial score (nSPS) is 14.3. The smallest absolute Gasteiger partial charge is 0.325 e. The Morgan fingerprint density at radius 3 is 2.54 bits per heavy atom. The number of halogens is 1. The summed E-state index contributed by atoms with van der Waals surface area (Å²) in [4.78, 5) is 27.4. The van der Waals surface area contributed by atoms with E-state index in [1.165, 1.54) is 17.0 Å². The molecule has 1 N–H and O–H groups in total. The molecule has 0 bridgehead atoms. The van der Waals surface area contributed by atoms with Gasteiger partial charge in [-0.3, -0.25) is 9.69 Å². The van der Waals surface area contributed by atoms with Crippen molar-refractivity contribution in [3.8, 4) is 0 Å². The number of carbonyl (C=O) groups is 2. The molecular weight excluding hydrogens is 311 g/mol. The van der Waals surface area contributed by atoms with Crippen molar-refractivity contribution >= 4 is 17.6 Å². The molecule has 7 heteroatoms. The fourth-order valence-electron chi connectivity index (χ4n) is 2.66.